The van der Waals surface area contributed by atoms with E-state index in [1.54, 1.807) is 6.92 Å². The predicted molar refractivity (Wildman–Crippen MR) is 56.0 cm³/mol. The third-order valence-electron chi connectivity index (χ3n) is 2.94. The van der Waals surface area contributed by atoms with Crippen molar-refractivity contribution in [2.45, 2.75) is 52.9 Å². The summed E-state index contributed by atoms with van der Waals surface area (Å²) < 4.78 is 0. The molecule has 1 unspecified atom stereocenters. The van der Waals surface area contributed by atoms with Crippen LogP contribution in [0.3, 0.4) is 0 Å². The van der Waals surface area contributed by atoms with Crippen molar-refractivity contribution in [1.29, 1.82) is 0 Å². The monoisotopic (exact) mass is 196 g/mol. The van der Waals surface area contributed by atoms with Crippen molar-refractivity contribution >= 4 is 11.6 Å². The van der Waals surface area contributed by atoms with Gasteiger partial charge in [0.2, 0.25) is 0 Å². The normalized spacial score (nSPS) is 26.2. The second kappa shape index (κ2) is 4.24. The van der Waals surface area contributed by atoms with Crippen LogP contribution in [0.4, 0.5) is 0 Å². The number of Topliss-reactive ketones (excluding diaryl/α,β-unsaturated/α-hetero) is 2. The van der Waals surface area contributed by atoms with E-state index in [0.717, 1.165) is 12.8 Å². The molecule has 0 aliphatic heterocycles. The van der Waals surface area contributed by atoms with Gasteiger partial charge in [-0.25, -0.2) is 0 Å². The van der Waals surface area contributed by atoms with Gasteiger partial charge in [0.15, 0.2) is 0 Å². The summed E-state index contributed by atoms with van der Waals surface area (Å²) >= 11 is 0. The first-order valence-electron chi connectivity index (χ1n) is 5.40. The predicted octanol–water partition coefficient (Wildman–Crippen LogP) is 2.75. The van der Waals surface area contributed by atoms with E-state index in [9.17, 15) is 9.59 Å². The molecule has 0 amide bonds. The molecule has 1 aliphatic carbocycles. The van der Waals surface area contributed by atoms with E-state index in [2.05, 4.69) is 13.8 Å². The maximum absolute atomic E-state index is 11.4. The molecule has 2 nitrogen and oxygen atoms in total. The van der Waals surface area contributed by atoms with E-state index in [-0.39, 0.29) is 11.2 Å². The van der Waals surface area contributed by atoms with Gasteiger partial charge in [0.05, 0.1) is 0 Å². The SMILES string of the molecule is CC(=O)CCC1CC(=O)CC(C)(C)C1. The second-order valence-corrected chi connectivity index (χ2v) is 5.39. The molecule has 80 valence electrons. The van der Waals surface area contributed by atoms with Crippen LogP contribution in [0.5, 0.6) is 0 Å². The van der Waals surface area contributed by atoms with E-state index < -0.39 is 0 Å². The Morgan fingerprint density at radius 2 is 2.14 bits per heavy atom. The smallest absolute Gasteiger partial charge is 0.133 e. The molecular weight excluding hydrogens is 176 g/mol. The van der Waals surface area contributed by atoms with E-state index >= 15 is 0 Å². The van der Waals surface area contributed by atoms with Gasteiger partial charge in [-0.3, -0.25) is 4.79 Å². The van der Waals surface area contributed by atoms with Crippen LogP contribution in [-0.2, 0) is 9.59 Å². The van der Waals surface area contributed by atoms with Crippen LogP contribution >= 0.6 is 0 Å². The fourth-order valence-corrected chi connectivity index (χ4v) is 2.47. The zero-order valence-electron chi connectivity index (χ0n) is 9.43. The average molecular weight is 196 g/mol. The zero-order valence-corrected chi connectivity index (χ0v) is 9.43. The third-order valence-corrected chi connectivity index (χ3v) is 2.94. The maximum Gasteiger partial charge on any atom is 0.133 e. The van der Waals surface area contributed by atoms with Gasteiger partial charge in [-0.2, -0.15) is 0 Å². The summed E-state index contributed by atoms with van der Waals surface area (Å²) in [4.78, 5) is 22.3. The van der Waals surface area contributed by atoms with Crippen LogP contribution < -0.4 is 0 Å². The van der Waals surface area contributed by atoms with Crippen LogP contribution in [0.1, 0.15) is 52.9 Å². The summed E-state index contributed by atoms with van der Waals surface area (Å²) in [5.41, 5.74) is 0.150. The van der Waals surface area contributed by atoms with Crippen molar-refractivity contribution in [2.75, 3.05) is 0 Å². The van der Waals surface area contributed by atoms with Crippen molar-refractivity contribution in [1.82, 2.24) is 0 Å². The Morgan fingerprint density at radius 1 is 1.50 bits per heavy atom. The van der Waals surface area contributed by atoms with Gasteiger partial charge < -0.3 is 4.79 Å². The number of hydrogen-bond acceptors (Lipinski definition) is 2. The highest BCUT2D eigenvalue weighted by Crippen LogP contribution is 2.38. The topological polar surface area (TPSA) is 34.1 Å². The lowest BCUT2D eigenvalue weighted by molar-refractivity contribution is -0.125. The number of ketones is 2. The highest BCUT2D eigenvalue weighted by Gasteiger charge is 2.32. The molecule has 2 heteroatoms. The minimum Gasteiger partial charge on any atom is -0.300 e. The average Bonchev–Trinajstić information content (AvgIpc) is 1.96. The molecule has 0 aromatic heterocycles. The molecule has 0 radical (unpaired) electrons. The minimum atomic E-state index is 0.150. The van der Waals surface area contributed by atoms with Crippen LogP contribution in [0.15, 0.2) is 0 Å². The lowest BCUT2D eigenvalue weighted by atomic mass is 9.70. The van der Waals surface area contributed by atoms with Gasteiger partial charge in [-0.1, -0.05) is 13.8 Å². The Hall–Kier alpha value is -0.660. The van der Waals surface area contributed by atoms with Crippen molar-refractivity contribution in [3.8, 4) is 0 Å². The standard InChI is InChI=1S/C12H20O2/c1-9(13)4-5-10-6-11(14)8-12(2,3)7-10/h10H,4-8H2,1-3H3. The number of rotatable bonds is 3. The number of hydrogen-bond donors (Lipinski definition) is 0. The van der Waals surface area contributed by atoms with Crippen molar-refractivity contribution in [3.05, 3.63) is 0 Å². The molecule has 0 aromatic rings. The Kier molecular flexibility index (Phi) is 3.46. The highest BCUT2D eigenvalue weighted by atomic mass is 16.1. The van der Waals surface area contributed by atoms with Gasteiger partial charge in [0.25, 0.3) is 0 Å². The summed E-state index contributed by atoms with van der Waals surface area (Å²) in [6, 6.07) is 0. The van der Waals surface area contributed by atoms with Crippen LogP contribution in [0, 0.1) is 11.3 Å². The quantitative estimate of drug-likeness (QED) is 0.695. The first-order valence-corrected chi connectivity index (χ1v) is 5.40. The summed E-state index contributed by atoms with van der Waals surface area (Å²) in [7, 11) is 0. The lowest BCUT2D eigenvalue weighted by Gasteiger charge is -2.34. The van der Waals surface area contributed by atoms with Crippen molar-refractivity contribution in [3.63, 3.8) is 0 Å². The van der Waals surface area contributed by atoms with Crippen molar-refractivity contribution in [2.24, 2.45) is 11.3 Å². The summed E-state index contributed by atoms with van der Waals surface area (Å²) in [5, 5.41) is 0. The molecule has 1 rings (SSSR count). The molecule has 14 heavy (non-hydrogen) atoms. The van der Waals surface area contributed by atoms with Gasteiger partial charge >= 0.3 is 0 Å². The first kappa shape index (κ1) is 11.4. The molecule has 1 saturated carbocycles. The maximum atomic E-state index is 11.4. The van der Waals surface area contributed by atoms with Crippen LogP contribution in [0.2, 0.25) is 0 Å². The first-order chi connectivity index (χ1) is 6.39. The summed E-state index contributed by atoms with van der Waals surface area (Å²) in [5.74, 6) is 1.05. The Balaban J connectivity index is 2.46. The minimum absolute atomic E-state index is 0.150. The van der Waals surface area contributed by atoms with E-state index in [4.69, 9.17) is 0 Å². The van der Waals surface area contributed by atoms with Gasteiger partial charge in [-0.15, -0.1) is 0 Å². The van der Waals surface area contributed by atoms with Gasteiger partial charge in [-0.05, 0) is 31.1 Å². The molecule has 1 aliphatic rings. The van der Waals surface area contributed by atoms with E-state index in [1.165, 1.54) is 0 Å². The molecular formula is C12H20O2. The Labute approximate surface area is 86.1 Å². The van der Waals surface area contributed by atoms with Crippen LogP contribution in [0.25, 0.3) is 0 Å². The fraction of sp³-hybridized carbons (Fsp3) is 0.833. The fourth-order valence-electron chi connectivity index (χ4n) is 2.47. The second-order valence-electron chi connectivity index (χ2n) is 5.39. The van der Waals surface area contributed by atoms with Crippen LogP contribution in [-0.4, -0.2) is 11.6 Å². The molecule has 0 saturated heterocycles. The van der Waals surface area contributed by atoms with Gasteiger partial charge in [0, 0.05) is 19.3 Å². The third kappa shape index (κ3) is 3.60. The van der Waals surface area contributed by atoms with Gasteiger partial charge in [0.1, 0.15) is 11.6 Å². The number of carbonyl (C=O) groups is 2. The zero-order chi connectivity index (χ0) is 10.8. The molecule has 0 heterocycles. The summed E-state index contributed by atoms with van der Waals surface area (Å²) in [6.45, 7) is 5.91. The Bertz CT molecular complexity index is 241. The molecule has 0 spiro atoms. The highest BCUT2D eigenvalue weighted by molar-refractivity contribution is 5.80. The number of carbonyl (C=O) groups excluding carboxylic acids is 2. The summed E-state index contributed by atoms with van der Waals surface area (Å²) in [6.07, 6.45) is 4.02. The molecule has 0 bridgehead atoms. The largest absolute Gasteiger partial charge is 0.300 e. The molecule has 1 fully saturated rings. The molecule has 0 aromatic carbocycles. The lowest BCUT2D eigenvalue weighted by Crippen LogP contribution is -2.29. The molecule has 1 atom stereocenters. The van der Waals surface area contributed by atoms with E-state index in [0.29, 0.717) is 31.0 Å². The van der Waals surface area contributed by atoms with E-state index in [1.807, 2.05) is 0 Å². The molecule has 0 N–H and O–H groups in total. The van der Waals surface area contributed by atoms with Crippen molar-refractivity contribution < 1.29 is 9.59 Å². The Morgan fingerprint density at radius 3 is 2.64 bits per heavy atom.